The average molecular weight is 511 g/mol. The largest absolute Gasteiger partial charge is 0.545 e. The second-order valence-corrected chi connectivity index (χ2v) is 6.60. The molecular weight excluding hydrogens is 501 g/mol. The number of carbonyl (C=O) groups excluding carboxylic acids is 1. The Morgan fingerprint density at radius 1 is 0.719 bits per heavy atom. The van der Waals surface area contributed by atoms with Crippen LogP contribution in [0.15, 0.2) is 11.6 Å². The van der Waals surface area contributed by atoms with Gasteiger partial charge in [-0.2, -0.15) is 61.5 Å². The summed E-state index contributed by atoms with van der Waals surface area (Å²) in [4.78, 5) is 10.4. The Morgan fingerprint density at radius 2 is 1.03 bits per heavy atom. The van der Waals surface area contributed by atoms with Gasteiger partial charge in [0.25, 0.3) is 0 Å². The van der Waals surface area contributed by atoms with Gasteiger partial charge in [0.1, 0.15) is 5.60 Å². The molecule has 0 aromatic heterocycles. The quantitative estimate of drug-likeness (QED) is 0.393. The molecule has 0 bridgehead atoms. The van der Waals surface area contributed by atoms with Gasteiger partial charge in [-0.25, -0.2) is 4.39 Å². The molecular formula is C14H10F15O3-. The van der Waals surface area contributed by atoms with Crippen LogP contribution in [-0.4, -0.2) is 58.4 Å². The van der Waals surface area contributed by atoms with Crippen LogP contribution in [0, 0.1) is 0 Å². The Morgan fingerprint density at radius 3 is 1.31 bits per heavy atom. The topological polar surface area (TPSA) is 60.4 Å². The zero-order valence-corrected chi connectivity index (χ0v) is 15.2. The highest BCUT2D eigenvalue weighted by molar-refractivity contribution is 5.83. The van der Waals surface area contributed by atoms with Crippen molar-refractivity contribution in [2.75, 3.05) is 0 Å². The number of aliphatic hydroxyl groups is 1. The van der Waals surface area contributed by atoms with Gasteiger partial charge >= 0.3 is 41.7 Å². The molecule has 0 rings (SSSR count). The monoisotopic (exact) mass is 511 g/mol. The molecule has 190 valence electrons. The molecule has 0 aliphatic carbocycles. The van der Waals surface area contributed by atoms with Crippen molar-refractivity contribution in [3.05, 3.63) is 11.6 Å². The van der Waals surface area contributed by atoms with Crippen molar-refractivity contribution in [2.45, 2.75) is 67.6 Å². The summed E-state index contributed by atoms with van der Waals surface area (Å²) >= 11 is 0. The van der Waals surface area contributed by atoms with Gasteiger partial charge in [-0.05, 0) is 19.4 Å². The van der Waals surface area contributed by atoms with Crippen molar-refractivity contribution in [3.63, 3.8) is 0 Å². The predicted octanol–water partition coefficient (Wildman–Crippen LogP) is 4.20. The van der Waals surface area contributed by atoms with E-state index in [2.05, 4.69) is 0 Å². The van der Waals surface area contributed by atoms with Crippen LogP contribution in [0.3, 0.4) is 0 Å². The highest BCUT2D eigenvalue weighted by Crippen LogP contribution is 2.64. The molecule has 0 aromatic rings. The van der Waals surface area contributed by atoms with Crippen molar-refractivity contribution >= 4 is 5.97 Å². The molecule has 0 heterocycles. The maximum atomic E-state index is 13.9. The summed E-state index contributed by atoms with van der Waals surface area (Å²) in [5, 5.41) is 19.7. The van der Waals surface area contributed by atoms with Crippen LogP contribution < -0.4 is 5.11 Å². The zero-order chi connectivity index (χ0) is 26.6. The van der Waals surface area contributed by atoms with Gasteiger partial charge < -0.3 is 15.0 Å². The lowest BCUT2D eigenvalue weighted by molar-refractivity contribution is -0.463. The Labute approximate surface area is 167 Å². The molecule has 0 amide bonds. The van der Waals surface area contributed by atoms with Gasteiger partial charge in [-0.3, -0.25) is 0 Å². The number of hydrogen-bond acceptors (Lipinski definition) is 3. The summed E-state index contributed by atoms with van der Waals surface area (Å²) in [6.07, 6.45) is -18.3. The van der Waals surface area contributed by atoms with Crippen molar-refractivity contribution in [1.29, 1.82) is 0 Å². The number of carbonyl (C=O) groups is 1. The lowest BCUT2D eigenvalue weighted by atomic mass is 9.80. The minimum Gasteiger partial charge on any atom is -0.545 e. The molecule has 0 fully saturated rings. The summed E-state index contributed by atoms with van der Waals surface area (Å²) < 4.78 is 197. The van der Waals surface area contributed by atoms with Crippen LogP contribution in [0.1, 0.15) is 20.3 Å². The molecule has 0 spiro atoms. The van der Waals surface area contributed by atoms with Crippen LogP contribution in [-0.2, 0) is 4.79 Å². The van der Waals surface area contributed by atoms with Crippen molar-refractivity contribution < 1.29 is 80.9 Å². The SMILES string of the molecule is CC(=CCC(C)(O)C(F)(F)C(F)(F)C(F)(F)C(F)(F)C(F)(C(F)(F)F)C(F)(F)F)C(=O)[O-]. The van der Waals surface area contributed by atoms with E-state index >= 15 is 0 Å². The average Bonchev–Trinajstić information content (AvgIpc) is 2.55. The Kier molecular flexibility index (Phi) is 7.40. The van der Waals surface area contributed by atoms with E-state index in [1.54, 1.807) is 0 Å². The van der Waals surface area contributed by atoms with Gasteiger partial charge in [-0.1, -0.05) is 6.08 Å². The number of halogens is 15. The van der Waals surface area contributed by atoms with E-state index in [-0.39, 0.29) is 6.08 Å². The van der Waals surface area contributed by atoms with Gasteiger partial charge in [0, 0.05) is 6.42 Å². The minimum atomic E-state index is -8.60. The molecule has 0 aromatic carbocycles. The van der Waals surface area contributed by atoms with E-state index in [4.69, 9.17) is 0 Å². The van der Waals surface area contributed by atoms with Gasteiger partial charge in [0.15, 0.2) is 0 Å². The smallest absolute Gasteiger partial charge is 0.438 e. The molecule has 0 radical (unpaired) electrons. The van der Waals surface area contributed by atoms with Crippen molar-refractivity contribution in [2.24, 2.45) is 0 Å². The van der Waals surface area contributed by atoms with E-state index in [1.165, 1.54) is 0 Å². The van der Waals surface area contributed by atoms with Crippen LogP contribution >= 0.6 is 0 Å². The first-order chi connectivity index (χ1) is 13.6. The number of carboxylic acid groups (broad SMARTS) is 1. The molecule has 0 saturated heterocycles. The first-order valence-corrected chi connectivity index (χ1v) is 7.52. The fourth-order valence-electron chi connectivity index (χ4n) is 2.03. The summed E-state index contributed by atoms with van der Waals surface area (Å²) in [6, 6.07) is 0. The second-order valence-electron chi connectivity index (χ2n) is 6.60. The minimum absolute atomic E-state index is 0.0828. The first kappa shape index (κ1) is 30.1. The third-order valence-corrected chi connectivity index (χ3v) is 4.20. The third-order valence-electron chi connectivity index (χ3n) is 4.20. The fraction of sp³-hybridized carbons (Fsp3) is 0.786. The normalized spacial score (nSPS) is 17.9. The van der Waals surface area contributed by atoms with E-state index in [1.807, 2.05) is 0 Å². The molecule has 0 aliphatic heterocycles. The molecule has 0 saturated carbocycles. The number of rotatable bonds is 8. The lowest BCUT2D eigenvalue weighted by Gasteiger charge is -2.45. The fourth-order valence-corrected chi connectivity index (χ4v) is 2.03. The Hall–Kier alpha value is -1.88. The highest BCUT2D eigenvalue weighted by atomic mass is 19.4. The van der Waals surface area contributed by atoms with E-state index in [0.29, 0.717) is 6.92 Å². The summed E-state index contributed by atoms with van der Waals surface area (Å²) in [5.74, 6) is -34.2. The summed E-state index contributed by atoms with van der Waals surface area (Å²) in [7, 11) is 0. The molecule has 0 aliphatic rings. The number of alkyl halides is 15. The first-order valence-electron chi connectivity index (χ1n) is 7.52. The summed E-state index contributed by atoms with van der Waals surface area (Å²) in [6.45, 7) is 0.0129. The zero-order valence-electron chi connectivity index (χ0n) is 15.2. The molecule has 1 unspecified atom stereocenters. The molecule has 1 atom stereocenters. The number of carboxylic acids is 1. The van der Waals surface area contributed by atoms with Crippen LogP contribution in [0.5, 0.6) is 0 Å². The molecule has 1 N–H and O–H groups in total. The maximum absolute atomic E-state index is 13.9. The van der Waals surface area contributed by atoms with Crippen LogP contribution in [0.25, 0.3) is 0 Å². The van der Waals surface area contributed by atoms with Crippen molar-refractivity contribution in [3.8, 4) is 0 Å². The van der Waals surface area contributed by atoms with E-state index in [0.717, 1.165) is 0 Å². The Bertz CT molecular complexity index is 731. The molecule has 32 heavy (non-hydrogen) atoms. The number of aliphatic carboxylic acids is 1. The van der Waals surface area contributed by atoms with Gasteiger partial charge in [0.2, 0.25) is 0 Å². The van der Waals surface area contributed by atoms with E-state index in [9.17, 15) is 80.9 Å². The lowest BCUT2D eigenvalue weighted by Crippen LogP contribution is -2.77. The third kappa shape index (κ3) is 4.09. The standard InChI is InChI=1S/C14H11F15O3/c1-5(6(30)31)3-4-7(2,32)9(16,17)11(20,21)12(22,23)10(18,19)8(15,13(24,25)26)14(27,28)29/h3,32H,4H2,1-2H3,(H,30,31)/p-1. The van der Waals surface area contributed by atoms with Gasteiger partial charge in [0.05, 0.1) is 5.97 Å². The maximum Gasteiger partial charge on any atom is 0.438 e. The van der Waals surface area contributed by atoms with E-state index < -0.39 is 72.2 Å². The van der Waals surface area contributed by atoms with Crippen molar-refractivity contribution in [1.82, 2.24) is 0 Å². The van der Waals surface area contributed by atoms with Crippen LogP contribution in [0.2, 0.25) is 0 Å². The number of hydrogen-bond donors (Lipinski definition) is 1. The predicted molar refractivity (Wildman–Crippen MR) is 69.7 cm³/mol. The molecule has 18 heteroatoms. The van der Waals surface area contributed by atoms with Crippen LogP contribution in [0.4, 0.5) is 65.9 Å². The highest BCUT2D eigenvalue weighted by Gasteiger charge is 2.96. The second kappa shape index (κ2) is 7.86. The summed E-state index contributed by atoms with van der Waals surface area (Å²) in [5.41, 5.74) is -14.2. The van der Waals surface area contributed by atoms with Gasteiger partial charge in [-0.15, -0.1) is 0 Å². The molecule has 3 nitrogen and oxygen atoms in total. The Balaban J connectivity index is 6.83.